The van der Waals surface area contributed by atoms with E-state index in [2.05, 4.69) is 4.98 Å². The number of imidazole rings is 1. The van der Waals surface area contributed by atoms with Gasteiger partial charge in [-0.15, -0.1) is 0 Å². The van der Waals surface area contributed by atoms with Crippen molar-refractivity contribution >= 4 is 0 Å². The van der Waals surface area contributed by atoms with E-state index in [1.54, 1.807) is 12.5 Å². The van der Waals surface area contributed by atoms with Crippen molar-refractivity contribution in [3.63, 3.8) is 0 Å². The molecule has 0 fully saturated rings. The van der Waals surface area contributed by atoms with Gasteiger partial charge in [0.1, 0.15) is 0 Å². The topological polar surface area (TPSA) is 43.8 Å². The lowest BCUT2D eigenvalue weighted by Gasteiger charge is -2.12. The van der Waals surface area contributed by atoms with Gasteiger partial charge in [0, 0.05) is 18.4 Å². The summed E-state index contributed by atoms with van der Waals surface area (Å²) >= 11 is 0. The van der Waals surface area contributed by atoms with E-state index >= 15 is 0 Å². The number of nitrogens with two attached hydrogens (primary N) is 1. The molecule has 0 bridgehead atoms. The molecule has 0 saturated heterocycles. The molecule has 0 amide bonds. The highest BCUT2D eigenvalue weighted by Gasteiger charge is 2.06. The van der Waals surface area contributed by atoms with Gasteiger partial charge >= 0.3 is 0 Å². The molecule has 0 aliphatic rings. The first kappa shape index (κ1) is 8.97. The fourth-order valence-corrected chi connectivity index (χ4v) is 1.51. The summed E-state index contributed by atoms with van der Waals surface area (Å²) in [6.45, 7) is 1.98. The second-order valence-electron chi connectivity index (χ2n) is 3.32. The fraction of sp³-hybridized carbons (Fsp3) is 0.182. The lowest BCUT2D eigenvalue weighted by molar-refractivity contribution is 0.803. The average molecular weight is 187 g/mol. The number of hydrogen-bond donors (Lipinski definition) is 1. The van der Waals surface area contributed by atoms with Crippen molar-refractivity contribution in [2.75, 3.05) is 0 Å². The number of hydrogen-bond acceptors (Lipinski definition) is 2. The highest BCUT2D eigenvalue weighted by atomic mass is 15.0. The van der Waals surface area contributed by atoms with E-state index in [1.165, 1.54) is 0 Å². The first-order chi connectivity index (χ1) is 6.79. The van der Waals surface area contributed by atoms with E-state index in [9.17, 15) is 0 Å². The van der Waals surface area contributed by atoms with Crippen molar-refractivity contribution in [3.05, 3.63) is 48.5 Å². The van der Waals surface area contributed by atoms with Crippen LogP contribution in [0.5, 0.6) is 0 Å². The van der Waals surface area contributed by atoms with Crippen LogP contribution in [0.15, 0.2) is 43.0 Å². The number of nitrogens with zero attached hydrogens (tertiary/aromatic N) is 2. The van der Waals surface area contributed by atoms with Crippen LogP contribution < -0.4 is 5.73 Å². The predicted molar refractivity (Wildman–Crippen MR) is 56.2 cm³/mol. The minimum absolute atomic E-state index is 0.0357. The van der Waals surface area contributed by atoms with Crippen LogP contribution in [0.25, 0.3) is 5.69 Å². The van der Waals surface area contributed by atoms with Crippen molar-refractivity contribution in [1.82, 2.24) is 9.55 Å². The van der Waals surface area contributed by atoms with Crippen LogP contribution in [0.3, 0.4) is 0 Å². The van der Waals surface area contributed by atoms with Crippen LogP contribution in [0.4, 0.5) is 0 Å². The Bertz CT molecular complexity index is 404. The zero-order chi connectivity index (χ0) is 9.97. The summed E-state index contributed by atoms with van der Waals surface area (Å²) < 4.78 is 1.97. The lowest BCUT2D eigenvalue weighted by atomic mass is 10.1. The Kier molecular flexibility index (Phi) is 2.33. The van der Waals surface area contributed by atoms with Crippen LogP contribution >= 0.6 is 0 Å². The van der Waals surface area contributed by atoms with Crippen LogP contribution in [0.1, 0.15) is 18.5 Å². The summed E-state index contributed by atoms with van der Waals surface area (Å²) in [5.41, 5.74) is 8.11. The first-order valence-electron chi connectivity index (χ1n) is 4.62. The molecule has 72 valence electrons. The SMILES string of the molecule is C[C@@H](N)c1ccccc1-n1ccnc1. The quantitative estimate of drug-likeness (QED) is 0.780. The minimum Gasteiger partial charge on any atom is -0.324 e. The largest absolute Gasteiger partial charge is 0.324 e. The van der Waals surface area contributed by atoms with Crippen molar-refractivity contribution in [2.24, 2.45) is 5.73 Å². The van der Waals surface area contributed by atoms with Crippen molar-refractivity contribution in [1.29, 1.82) is 0 Å². The molecule has 3 nitrogen and oxygen atoms in total. The van der Waals surface area contributed by atoms with Gasteiger partial charge in [-0.25, -0.2) is 4.98 Å². The molecule has 1 atom stereocenters. The second-order valence-corrected chi connectivity index (χ2v) is 3.32. The van der Waals surface area contributed by atoms with E-state index < -0.39 is 0 Å². The average Bonchev–Trinajstić information content (AvgIpc) is 2.70. The van der Waals surface area contributed by atoms with E-state index in [0.717, 1.165) is 11.3 Å². The van der Waals surface area contributed by atoms with Gasteiger partial charge in [0.2, 0.25) is 0 Å². The summed E-state index contributed by atoms with van der Waals surface area (Å²) in [7, 11) is 0. The molecule has 14 heavy (non-hydrogen) atoms. The van der Waals surface area contributed by atoms with Crippen molar-refractivity contribution in [3.8, 4) is 5.69 Å². The molecule has 2 rings (SSSR count). The molecular weight excluding hydrogens is 174 g/mol. The van der Waals surface area contributed by atoms with Crippen LogP contribution in [0, 0.1) is 0 Å². The molecule has 0 aliphatic heterocycles. The Hall–Kier alpha value is -1.61. The third-order valence-electron chi connectivity index (χ3n) is 2.21. The smallest absolute Gasteiger partial charge is 0.0991 e. The zero-order valence-electron chi connectivity index (χ0n) is 8.09. The Morgan fingerprint density at radius 2 is 2.14 bits per heavy atom. The number of rotatable bonds is 2. The molecule has 0 radical (unpaired) electrons. The van der Waals surface area contributed by atoms with Gasteiger partial charge in [0.15, 0.2) is 0 Å². The minimum atomic E-state index is 0.0357. The van der Waals surface area contributed by atoms with E-state index in [4.69, 9.17) is 5.73 Å². The van der Waals surface area contributed by atoms with Crippen molar-refractivity contribution in [2.45, 2.75) is 13.0 Å². The van der Waals surface area contributed by atoms with Gasteiger partial charge < -0.3 is 10.3 Å². The number of para-hydroxylation sites is 1. The molecular formula is C11H13N3. The Morgan fingerprint density at radius 3 is 2.79 bits per heavy atom. The Balaban J connectivity index is 2.53. The zero-order valence-corrected chi connectivity index (χ0v) is 8.09. The highest BCUT2D eigenvalue weighted by molar-refractivity contribution is 5.42. The van der Waals surface area contributed by atoms with Crippen molar-refractivity contribution < 1.29 is 0 Å². The maximum absolute atomic E-state index is 5.89. The molecule has 0 spiro atoms. The van der Waals surface area contributed by atoms with Gasteiger partial charge in [0.05, 0.1) is 12.0 Å². The number of benzene rings is 1. The summed E-state index contributed by atoms with van der Waals surface area (Å²) in [4.78, 5) is 4.02. The lowest BCUT2D eigenvalue weighted by Crippen LogP contribution is -2.08. The van der Waals surface area contributed by atoms with E-state index in [1.807, 2.05) is 42.0 Å². The maximum Gasteiger partial charge on any atom is 0.0991 e. The molecule has 1 heterocycles. The van der Waals surface area contributed by atoms with Gasteiger partial charge in [-0.2, -0.15) is 0 Å². The molecule has 1 aromatic heterocycles. The van der Waals surface area contributed by atoms with Crippen LogP contribution in [-0.4, -0.2) is 9.55 Å². The molecule has 1 aromatic carbocycles. The monoisotopic (exact) mass is 187 g/mol. The molecule has 3 heteroatoms. The molecule has 2 N–H and O–H groups in total. The van der Waals surface area contributed by atoms with Gasteiger partial charge in [-0.05, 0) is 18.6 Å². The Morgan fingerprint density at radius 1 is 1.36 bits per heavy atom. The van der Waals surface area contributed by atoms with Gasteiger partial charge in [-0.3, -0.25) is 0 Å². The van der Waals surface area contributed by atoms with Gasteiger partial charge in [-0.1, -0.05) is 18.2 Å². The molecule has 2 aromatic rings. The van der Waals surface area contributed by atoms with Gasteiger partial charge in [0.25, 0.3) is 0 Å². The second kappa shape index (κ2) is 3.64. The third-order valence-corrected chi connectivity index (χ3v) is 2.21. The third kappa shape index (κ3) is 1.54. The van der Waals surface area contributed by atoms with Crippen LogP contribution in [-0.2, 0) is 0 Å². The first-order valence-corrected chi connectivity index (χ1v) is 4.62. The summed E-state index contributed by atoms with van der Waals surface area (Å²) in [6.07, 6.45) is 5.46. The van der Waals surface area contributed by atoms with E-state index in [0.29, 0.717) is 0 Å². The van der Waals surface area contributed by atoms with Crippen LogP contribution in [0.2, 0.25) is 0 Å². The maximum atomic E-state index is 5.89. The summed E-state index contributed by atoms with van der Waals surface area (Å²) in [6, 6.07) is 8.12. The highest BCUT2D eigenvalue weighted by Crippen LogP contribution is 2.19. The Labute approximate surface area is 83.2 Å². The molecule has 0 unspecified atom stereocenters. The predicted octanol–water partition coefficient (Wildman–Crippen LogP) is 1.89. The fourth-order valence-electron chi connectivity index (χ4n) is 1.51. The number of aromatic nitrogens is 2. The normalized spacial score (nSPS) is 12.7. The molecule has 0 aliphatic carbocycles. The standard InChI is InChI=1S/C11H13N3/c1-9(12)10-4-2-3-5-11(10)14-7-6-13-8-14/h2-9H,12H2,1H3/t9-/m1/s1. The van der Waals surface area contributed by atoms with E-state index in [-0.39, 0.29) is 6.04 Å². The summed E-state index contributed by atoms with van der Waals surface area (Å²) in [5, 5.41) is 0. The summed E-state index contributed by atoms with van der Waals surface area (Å²) in [5.74, 6) is 0. The molecule has 0 saturated carbocycles.